The quantitative estimate of drug-likeness (QED) is 0.678. The summed E-state index contributed by atoms with van der Waals surface area (Å²) in [4.78, 5) is 25.5. The fourth-order valence-electron chi connectivity index (χ4n) is 2.93. The van der Waals surface area contributed by atoms with E-state index in [1.807, 2.05) is 52.0 Å². The topological polar surface area (TPSA) is 67.4 Å². The van der Waals surface area contributed by atoms with E-state index in [2.05, 4.69) is 31.4 Å². The number of carbonyl (C=O) groups is 2. The van der Waals surface area contributed by atoms with Gasteiger partial charge in [-0.15, -0.1) is 0 Å². The molecular formula is C25H34N2O3. The lowest BCUT2D eigenvalue weighted by Crippen LogP contribution is -2.41. The molecule has 0 fully saturated rings. The van der Waals surface area contributed by atoms with Gasteiger partial charge in [0.25, 0.3) is 11.8 Å². The minimum atomic E-state index is -0.663. The third-order valence-electron chi connectivity index (χ3n) is 4.58. The lowest BCUT2D eigenvalue weighted by atomic mass is 9.87. The van der Waals surface area contributed by atoms with Crippen molar-refractivity contribution in [3.8, 4) is 5.75 Å². The first kappa shape index (κ1) is 23.5. The van der Waals surface area contributed by atoms with Crippen LogP contribution in [-0.4, -0.2) is 23.5 Å². The van der Waals surface area contributed by atoms with Crippen LogP contribution in [0.4, 0.5) is 5.69 Å². The van der Waals surface area contributed by atoms with Crippen molar-refractivity contribution in [2.75, 3.05) is 5.32 Å². The summed E-state index contributed by atoms with van der Waals surface area (Å²) in [7, 11) is 0. The molecule has 0 bridgehead atoms. The van der Waals surface area contributed by atoms with E-state index in [0.29, 0.717) is 23.4 Å². The molecule has 5 nitrogen and oxygen atoms in total. The standard InChI is InChI=1S/C25H34N2O3/c1-8-21(30-18-15-13-17(14-16-18)24(2,3)4)23(29)26-20-12-10-9-11-19(20)22(28)27-25(5,6)7/h9-16,21H,8H2,1-7H3,(H,26,29)(H,27,28). The molecule has 1 unspecified atom stereocenters. The molecule has 0 aromatic heterocycles. The maximum absolute atomic E-state index is 12.9. The molecule has 5 heteroatoms. The van der Waals surface area contributed by atoms with Crippen LogP contribution in [0.3, 0.4) is 0 Å². The van der Waals surface area contributed by atoms with Crippen LogP contribution in [0.1, 0.15) is 70.8 Å². The van der Waals surface area contributed by atoms with Crippen molar-refractivity contribution in [1.29, 1.82) is 0 Å². The predicted octanol–water partition coefficient (Wildman–Crippen LogP) is 5.31. The number of rotatable bonds is 6. The summed E-state index contributed by atoms with van der Waals surface area (Å²) in [6, 6.07) is 14.8. The first-order valence-corrected chi connectivity index (χ1v) is 10.4. The summed E-state index contributed by atoms with van der Waals surface area (Å²) in [6.07, 6.45) is -0.160. The minimum absolute atomic E-state index is 0.0530. The molecule has 162 valence electrons. The fraction of sp³-hybridized carbons (Fsp3) is 0.440. The number of nitrogens with one attached hydrogen (secondary N) is 2. The van der Waals surface area contributed by atoms with E-state index in [9.17, 15) is 9.59 Å². The number of amides is 2. The maximum atomic E-state index is 12.9. The van der Waals surface area contributed by atoms with Gasteiger partial charge in [-0.25, -0.2) is 0 Å². The van der Waals surface area contributed by atoms with E-state index in [1.165, 1.54) is 5.56 Å². The summed E-state index contributed by atoms with van der Waals surface area (Å²) in [6.45, 7) is 14.1. The Morgan fingerprint density at radius 3 is 2.07 bits per heavy atom. The Morgan fingerprint density at radius 2 is 1.53 bits per heavy atom. The molecule has 2 aromatic rings. The molecule has 1 atom stereocenters. The van der Waals surface area contributed by atoms with Crippen LogP contribution >= 0.6 is 0 Å². The van der Waals surface area contributed by atoms with E-state index >= 15 is 0 Å². The van der Waals surface area contributed by atoms with Gasteiger partial charge in [0.05, 0.1) is 11.3 Å². The Kier molecular flexibility index (Phi) is 7.30. The Bertz CT molecular complexity index is 875. The second kappa shape index (κ2) is 9.33. The molecule has 0 spiro atoms. The van der Waals surface area contributed by atoms with Gasteiger partial charge in [0.15, 0.2) is 6.10 Å². The second-order valence-corrected chi connectivity index (χ2v) is 9.53. The van der Waals surface area contributed by atoms with Gasteiger partial charge in [-0.1, -0.05) is 52.0 Å². The molecule has 0 saturated carbocycles. The highest BCUT2D eigenvalue weighted by Crippen LogP contribution is 2.25. The Labute approximate surface area is 180 Å². The highest BCUT2D eigenvalue weighted by atomic mass is 16.5. The molecule has 2 aromatic carbocycles. The molecule has 0 aliphatic rings. The van der Waals surface area contributed by atoms with Crippen LogP contribution in [0.25, 0.3) is 0 Å². The van der Waals surface area contributed by atoms with Crippen LogP contribution in [0.5, 0.6) is 5.75 Å². The van der Waals surface area contributed by atoms with Crippen molar-refractivity contribution >= 4 is 17.5 Å². The molecule has 0 radical (unpaired) electrons. The SMILES string of the molecule is CCC(Oc1ccc(C(C)(C)C)cc1)C(=O)Nc1ccccc1C(=O)NC(C)(C)C. The van der Waals surface area contributed by atoms with Gasteiger partial charge < -0.3 is 15.4 Å². The van der Waals surface area contributed by atoms with Gasteiger partial charge >= 0.3 is 0 Å². The highest BCUT2D eigenvalue weighted by molar-refractivity contribution is 6.04. The number of para-hydroxylation sites is 1. The van der Waals surface area contributed by atoms with Gasteiger partial charge in [0.2, 0.25) is 0 Å². The van der Waals surface area contributed by atoms with Gasteiger partial charge in [0.1, 0.15) is 5.75 Å². The van der Waals surface area contributed by atoms with Crippen LogP contribution in [0.15, 0.2) is 48.5 Å². The predicted molar refractivity (Wildman–Crippen MR) is 122 cm³/mol. The Morgan fingerprint density at radius 1 is 0.933 bits per heavy atom. The van der Waals surface area contributed by atoms with E-state index in [-0.39, 0.29) is 22.8 Å². The van der Waals surface area contributed by atoms with Crippen LogP contribution in [-0.2, 0) is 10.2 Å². The number of ether oxygens (including phenoxy) is 1. The average molecular weight is 411 g/mol. The van der Waals surface area contributed by atoms with Crippen molar-refractivity contribution in [2.24, 2.45) is 0 Å². The number of benzene rings is 2. The van der Waals surface area contributed by atoms with Crippen molar-refractivity contribution in [3.05, 3.63) is 59.7 Å². The van der Waals surface area contributed by atoms with Gasteiger partial charge in [-0.3, -0.25) is 9.59 Å². The van der Waals surface area contributed by atoms with Gasteiger partial charge in [-0.2, -0.15) is 0 Å². The van der Waals surface area contributed by atoms with Crippen LogP contribution in [0, 0.1) is 0 Å². The summed E-state index contributed by atoms with van der Waals surface area (Å²) in [5.74, 6) is 0.127. The summed E-state index contributed by atoms with van der Waals surface area (Å²) >= 11 is 0. The molecule has 2 rings (SSSR count). The van der Waals surface area contributed by atoms with E-state index in [1.54, 1.807) is 24.3 Å². The van der Waals surface area contributed by atoms with E-state index in [4.69, 9.17) is 4.74 Å². The molecular weight excluding hydrogens is 376 g/mol. The maximum Gasteiger partial charge on any atom is 0.265 e. The zero-order valence-electron chi connectivity index (χ0n) is 19.1. The summed E-state index contributed by atoms with van der Waals surface area (Å²) in [5.41, 5.74) is 1.77. The summed E-state index contributed by atoms with van der Waals surface area (Å²) < 4.78 is 5.93. The smallest absolute Gasteiger partial charge is 0.265 e. The molecule has 0 aliphatic heterocycles. The van der Waals surface area contributed by atoms with Crippen molar-refractivity contribution in [3.63, 3.8) is 0 Å². The van der Waals surface area contributed by atoms with E-state index < -0.39 is 6.10 Å². The van der Waals surface area contributed by atoms with Gasteiger partial charge in [0, 0.05) is 5.54 Å². The lowest BCUT2D eigenvalue weighted by molar-refractivity contribution is -0.122. The molecule has 0 saturated heterocycles. The first-order valence-electron chi connectivity index (χ1n) is 10.4. The van der Waals surface area contributed by atoms with Crippen molar-refractivity contribution in [2.45, 2.75) is 71.9 Å². The molecule has 0 aliphatic carbocycles. The zero-order valence-corrected chi connectivity index (χ0v) is 19.1. The third kappa shape index (κ3) is 6.61. The molecule has 30 heavy (non-hydrogen) atoms. The Balaban J connectivity index is 2.13. The largest absolute Gasteiger partial charge is 0.481 e. The molecule has 0 heterocycles. The number of anilines is 1. The van der Waals surface area contributed by atoms with Crippen LogP contribution in [0.2, 0.25) is 0 Å². The number of hydrogen-bond acceptors (Lipinski definition) is 3. The first-order chi connectivity index (χ1) is 13.9. The van der Waals surface area contributed by atoms with Crippen molar-refractivity contribution in [1.82, 2.24) is 5.32 Å². The van der Waals surface area contributed by atoms with Crippen LogP contribution < -0.4 is 15.4 Å². The normalized spacial score (nSPS) is 12.8. The second-order valence-electron chi connectivity index (χ2n) is 9.53. The zero-order chi connectivity index (χ0) is 22.5. The number of carbonyl (C=O) groups excluding carboxylic acids is 2. The Hall–Kier alpha value is -2.82. The summed E-state index contributed by atoms with van der Waals surface area (Å²) in [5, 5.41) is 5.79. The van der Waals surface area contributed by atoms with E-state index in [0.717, 1.165) is 0 Å². The number of hydrogen-bond donors (Lipinski definition) is 2. The minimum Gasteiger partial charge on any atom is -0.481 e. The fourth-order valence-corrected chi connectivity index (χ4v) is 2.93. The highest BCUT2D eigenvalue weighted by Gasteiger charge is 2.23. The average Bonchev–Trinajstić information content (AvgIpc) is 2.64. The van der Waals surface area contributed by atoms with Gasteiger partial charge in [-0.05, 0) is 62.4 Å². The third-order valence-corrected chi connectivity index (χ3v) is 4.58. The van der Waals surface area contributed by atoms with Crippen molar-refractivity contribution < 1.29 is 14.3 Å². The molecule has 2 N–H and O–H groups in total. The lowest BCUT2D eigenvalue weighted by Gasteiger charge is -2.23. The molecule has 2 amide bonds. The monoisotopic (exact) mass is 410 g/mol.